The minimum absolute atomic E-state index is 0. The zero-order chi connectivity index (χ0) is 12.3. The lowest BCUT2D eigenvalue weighted by atomic mass is 10.2. The fourth-order valence-electron chi connectivity index (χ4n) is 1.63. The van der Waals surface area contributed by atoms with Gasteiger partial charge < -0.3 is 10.6 Å². The van der Waals surface area contributed by atoms with Gasteiger partial charge in [0.2, 0.25) is 5.91 Å². The van der Waals surface area contributed by atoms with Crippen LogP contribution in [-0.4, -0.2) is 19.0 Å². The number of aryl methyl sites for hydroxylation is 1. The molecule has 0 unspecified atom stereocenters. The number of benzene rings is 1. The number of hydrogen-bond donors (Lipinski definition) is 2. The largest absolute Gasteiger partial charge is 0.322 e. The van der Waals surface area contributed by atoms with E-state index in [1.165, 1.54) is 18.9 Å². The van der Waals surface area contributed by atoms with Crippen molar-refractivity contribution in [3.05, 3.63) is 29.6 Å². The van der Waals surface area contributed by atoms with Crippen molar-refractivity contribution in [1.29, 1.82) is 0 Å². The first-order valence-electron chi connectivity index (χ1n) is 5.92. The van der Waals surface area contributed by atoms with Crippen LogP contribution in [0.1, 0.15) is 18.4 Å². The third-order valence-corrected chi connectivity index (χ3v) is 2.81. The van der Waals surface area contributed by atoms with E-state index in [0.717, 1.165) is 18.0 Å². The van der Waals surface area contributed by atoms with Crippen molar-refractivity contribution in [1.82, 2.24) is 5.32 Å². The molecule has 0 heterocycles. The molecule has 0 spiro atoms. The van der Waals surface area contributed by atoms with E-state index in [4.69, 9.17) is 0 Å². The molecule has 1 saturated carbocycles. The van der Waals surface area contributed by atoms with Gasteiger partial charge in [-0.2, -0.15) is 0 Å². The molecule has 1 aromatic rings. The highest BCUT2D eigenvalue weighted by Gasteiger charge is 2.20. The van der Waals surface area contributed by atoms with Crippen LogP contribution in [0, 0.1) is 18.7 Å². The lowest BCUT2D eigenvalue weighted by Gasteiger charge is -2.07. The van der Waals surface area contributed by atoms with Crippen molar-refractivity contribution in [2.45, 2.75) is 19.8 Å². The van der Waals surface area contributed by atoms with Gasteiger partial charge in [-0.25, -0.2) is 4.39 Å². The van der Waals surface area contributed by atoms with Gasteiger partial charge in [-0.05, 0) is 49.9 Å². The molecule has 0 saturated heterocycles. The molecular weight excluding hydrogens is 255 g/mol. The predicted molar refractivity (Wildman–Crippen MR) is 72.6 cm³/mol. The number of amides is 1. The molecule has 2 N–H and O–H groups in total. The van der Waals surface area contributed by atoms with Gasteiger partial charge in [0.1, 0.15) is 5.82 Å². The Kier molecular flexibility index (Phi) is 5.56. The van der Waals surface area contributed by atoms with Gasteiger partial charge in [-0.3, -0.25) is 4.79 Å². The van der Waals surface area contributed by atoms with Crippen LogP contribution in [-0.2, 0) is 4.79 Å². The van der Waals surface area contributed by atoms with E-state index in [0.29, 0.717) is 0 Å². The molecule has 0 atom stereocenters. The fourth-order valence-corrected chi connectivity index (χ4v) is 1.63. The number of nitrogens with one attached hydrogen (secondary N) is 2. The molecule has 0 aliphatic heterocycles. The van der Waals surface area contributed by atoms with Gasteiger partial charge in [0, 0.05) is 0 Å². The van der Waals surface area contributed by atoms with Crippen LogP contribution in [0.5, 0.6) is 0 Å². The average Bonchev–Trinajstić information content (AvgIpc) is 3.06. The maximum absolute atomic E-state index is 13.4. The number of carbonyl (C=O) groups excluding carboxylic acids is 1. The summed E-state index contributed by atoms with van der Waals surface area (Å²) in [5, 5.41) is 5.62. The molecule has 1 aromatic carbocycles. The normalized spacial score (nSPS) is 13.9. The first kappa shape index (κ1) is 14.9. The van der Waals surface area contributed by atoms with Crippen molar-refractivity contribution in [3.63, 3.8) is 0 Å². The number of carbonyl (C=O) groups is 1. The molecule has 18 heavy (non-hydrogen) atoms. The van der Waals surface area contributed by atoms with Crippen LogP contribution < -0.4 is 10.6 Å². The standard InChI is InChI=1S/C13H17FN2O.ClH/c1-9-2-5-12(11(14)6-9)16-13(17)8-15-7-10-3-4-10;/h2,5-6,10,15H,3-4,7-8H2,1H3,(H,16,17);1H. The van der Waals surface area contributed by atoms with E-state index in [2.05, 4.69) is 10.6 Å². The third-order valence-electron chi connectivity index (χ3n) is 2.81. The molecule has 100 valence electrons. The molecular formula is C13H18ClFN2O. The second kappa shape index (κ2) is 6.71. The maximum Gasteiger partial charge on any atom is 0.238 e. The first-order chi connectivity index (χ1) is 8.15. The second-order valence-electron chi connectivity index (χ2n) is 4.61. The maximum atomic E-state index is 13.4. The lowest BCUT2D eigenvalue weighted by Crippen LogP contribution is -2.29. The van der Waals surface area contributed by atoms with E-state index in [-0.39, 0.29) is 36.4 Å². The zero-order valence-electron chi connectivity index (χ0n) is 10.3. The summed E-state index contributed by atoms with van der Waals surface area (Å²) in [7, 11) is 0. The average molecular weight is 273 g/mol. The molecule has 1 amide bonds. The van der Waals surface area contributed by atoms with Gasteiger partial charge >= 0.3 is 0 Å². The van der Waals surface area contributed by atoms with Crippen LogP contribution in [0.25, 0.3) is 0 Å². The summed E-state index contributed by atoms with van der Waals surface area (Å²) in [6.07, 6.45) is 2.50. The minimum atomic E-state index is -0.388. The summed E-state index contributed by atoms with van der Waals surface area (Å²) in [5.41, 5.74) is 1.08. The van der Waals surface area contributed by atoms with Crippen LogP contribution in [0.15, 0.2) is 18.2 Å². The summed E-state index contributed by atoms with van der Waals surface area (Å²) >= 11 is 0. The van der Waals surface area contributed by atoms with Gasteiger partial charge in [-0.1, -0.05) is 6.07 Å². The van der Waals surface area contributed by atoms with Crippen molar-refractivity contribution >= 4 is 24.0 Å². The Morgan fingerprint density at radius 1 is 1.44 bits per heavy atom. The molecule has 0 radical (unpaired) electrons. The fraction of sp³-hybridized carbons (Fsp3) is 0.462. The van der Waals surface area contributed by atoms with E-state index >= 15 is 0 Å². The van der Waals surface area contributed by atoms with Crippen LogP contribution in [0.4, 0.5) is 10.1 Å². The summed E-state index contributed by atoms with van der Waals surface area (Å²) < 4.78 is 13.4. The van der Waals surface area contributed by atoms with Gasteiger partial charge in [0.25, 0.3) is 0 Å². The summed E-state index contributed by atoms with van der Waals surface area (Å²) in [6, 6.07) is 4.77. The zero-order valence-corrected chi connectivity index (χ0v) is 11.1. The molecule has 0 aromatic heterocycles. The van der Waals surface area contributed by atoms with Gasteiger partial charge in [0.05, 0.1) is 12.2 Å². The van der Waals surface area contributed by atoms with Crippen molar-refractivity contribution in [3.8, 4) is 0 Å². The Hall–Kier alpha value is -1.13. The van der Waals surface area contributed by atoms with Crippen molar-refractivity contribution < 1.29 is 9.18 Å². The van der Waals surface area contributed by atoms with Gasteiger partial charge in [-0.15, -0.1) is 12.4 Å². The van der Waals surface area contributed by atoms with E-state index in [1.807, 2.05) is 6.92 Å². The predicted octanol–water partition coefficient (Wildman–Crippen LogP) is 2.49. The minimum Gasteiger partial charge on any atom is -0.322 e. The first-order valence-corrected chi connectivity index (χ1v) is 5.92. The van der Waals surface area contributed by atoms with E-state index < -0.39 is 0 Å². The highest BCUT2D eigenvalue weighted by molar-refractivity contribution is 5.92. The highest BCUT2D eigenvalue weighted by atomic mass is 35.5. The highest BCUT2D eigenvalue weighted by Crippen LogP contribution is 2.27. The smallest absolute Gasteiger partial charge is 0.238 e. The third kappa shape index (κ3) is 4.63. The van der Waals surface area contributed by atoms with Crippen LogP contribution >= 0.6 is 12.4 Å². The summed E-state index contributed by atoms with van der Waals surface area (Å²) in [6.45, 7) is 2.93. The lowest BCUT2D eigenvalue weighted by molar-refractivity contribution is -0.115. The van der Waals surface area contributed by atoms with Crippen LogP contribution in [0.2, 0.25) is 0 Å². The molecule has 1 aliphatic rings. The molecule has 3 nitrogen and oxygen atoms in total. The number of hydrogen-bond acceptors (Lipinski definition) is 2. The molecule has 2 rings (SSSR count). The monoisotopic (exact) mass is 272 g/mol. The van der Waals surface area contributed by atoms with Crippen LogP contribution in [0.3, 0.4) is 0 Å². The van der Waals surface area contributed by atoms with Crippen molar-refractivity contribution in [2.75, 3.05) is 18.4 Å². The number of rotatable bonds is 5. The Morgan fingerprint density at radius 2 is 2.17 bits per heavy atom. The summed E-state index contributed by atoms with van der Waals surface area (Å²) in [5.74, 6) is 0.146. The topological polar surface area (TPSA) is 41.1 Å². The summed E-state index contributed by atoms with van der Waals surface area (Å²) in [4.78, 5) is 11.5. The number of anilines is 1. The molecule has 0 bridgehead atoms. The number of halogens is 2. The Balaban J connectivity index is 0.00000162. The Morgan fingerprint density at radius 3 is 2.78 bits per heavy atom. The van der Waals surface area contributed by atoms with E-state index in [9.17, 15) is 9.18 Å². The van der Waals surface area contributed by atoms with Gasteiger partial charge in [0.15, 0.2) is 0 Å². The Bertz CT molecular complexity index is 421. The SMILES string of the molecule is Cc1ccc(NC(=O)CNCC2CC2)c(F)c1.Cl. The molecule has 5 heteroatoms. The van der Waals surface area contributed by atoms with Crippen molar-refractivity contribution in [2.24, 2.45) is 5.92 Å². The second-order valence-corrected chi connectivity index (χ2v) is 4.61. The quantitative estimate of drug-likeness (QED) is 0.865. The molecule has 1 fully saturated rings. The van der Waals surface area contributed by atoms with E-state index in [1.54, 1.807) is 12.1 Å². The molecule has 1 aliphatic carbocycles. The Labute approximate surface area is 113 Å².